The number of aromatic nitrogens is 4. The molecule has 0 saturated carbocycles. The third-order valence-corrected chi connectivity index (χ3v) is 6.70. The van der Waals surface area contributed by atoms with Crippen LogP contribution in [0.4, 0.5) is 17.5 Å². The first kappa shape index (κ1) is 20.7. The number of rotatable bonds is 5. The first-order chi connectivity index (χ1) is 15.5. The number of hydrogen-bond donors (Lipinski definition) is 2. The summed E-state index contributed by atoms with van der Waals surface area (Å²) in [5, 5.41) is 7.47. The van der Waals surface area contributed by atoms with Gasteiger partial charge in [-0.15, -0.1) is 0 Å². The lowest BCUT2D eigenvalue weighted by Gasteiger charge is -2.35. The van der Waals surface area contributed by atoms with Crippen molar-refractivity contribution < 1.29 is 4.79 Å². The summed E-state index contributed by atoms with van der Waals surface area (Å²) in [7, 11) is 1.87. The van der Waals surface area contributed by atoms with Crippen molar-refractivity contribution in [1.82, 2.24) is 29.7 Å². The van der Waals surface area contributed by atoms with Crippen LogP contribution in [0.3, 0.4) is 0 Å². The Labute approximate surface area is 187 Å². The molecular formula is C23H30N8O. The lowest BCUT2D eigenvalue weighted by molar-refractivity contribution is 0.0692. The van der Waals surface area contributed by atoms with Crippen LogP contribution in [0.1, 0.15) is 36.8 Å². The molecule has 0 radical (unpaired) electrons. The summed E-state index contributed by atoms with van der Waals surface area (Å²) in [6.07, 6.45) is 4.70. The minimum Gasteiger partial charge on any atom is -0.368 e. The van der Waals surface area contributed by atoms with E-state index >= 15 is 0 Å². The standard InChI is InChI=1S/C23H30N8O/c1-4-15(2)19-14-29(3)22(32)18-11-16-12-26-23(28-21(16)31(18)19)27-20-6-5-17(13-25-20)30-9-7-24-8-10-30/h5-6,11-13,15,19,24H,4,7-10,14H2,1-3H3,(H,25,26,27,28)/t15-,19?/m0/s1. The van der Waals surface area contributed by atoms with Gasteiger partial charge in [-0.05, 0) is 24.1 Å². The van der Waals surface area contributed by atoms with Crippen LogP contribution in [0.25, 0.3) is 11.0 Å². The smallest absolute Gasteiger partial charge is 0.270 e. The zero-order valence-electron chi connectivity index (χ0n) is 18.9. The molecule has 168 valence electrons. The molecule has 9 heteroatoms. The third-order valence-electron chi connectivity index (χ3n) is 6.70. The van der Waals surface area contributed by atoms with Crippen LogP contribution in [0.2, 0.25) is 0 Å². The van der Waals surface area contributed by atoms with Crippen molar-refractivity contribution in [2.75, 3.05) is 50.0 Å². The van der Waals surface area contributed by atoms with Gasteiger partial charge >= 0.3 is 0 Å². The Kier molecular flexibility index (Phi) is 5.42. The molecule has 0 aromatic carbocycles. The van der Waals surface area contributed by atoms with Crippen LogP contribution < -0.4 is 15.5 Å². The van der Waals surface area contributed by atoms with Gasteiger partial charge in [0.15, 0.2) is 0 Å². The molecule has 1 unspecified atom stereocenters. The zero-order chi connectivity index (χ0) is 22.2. The van der Waals surface area contributed by atoms with Crippen LogP contribution in [-0.4, -0.2) is 70.1 Å². The van der Waals surface area contributed by atoms with Crippen LogP contribution in [0, 0.1) is 5.92 Å². The second kappa shape index (κ2) is 8.38. The van der Waals surface area contributed by atoms with Crippen LogP contribution in [-0.2, 0) is 0 Å². The highest BCUT2D eigenvalue weighted by Gasteiger charge is 2.33. The van der Waals surface area contributed by atoms with E-state index in [1.807, 2.05) is 30.3 Å². The van der Waals surface area contributed by atoms with Gasteiger partial charge < -0.3 is 25.0 Å². The van der Waals surface area contributed by atoms with Crippen molar-refractivity contribution in [3.05, 3.63) is 36.3 Å². The van der Waals surface area contributed by atoms with Crippen molar-refractivity contribution in [1.29, 1.82) is 0 Å². The number of carbonyl (C=O) groups is 1. The predicted molar refractivity (Wildman–Crippen MR) is 126 cm³/mol. The van der Waals surface area contributed by atoms with E-state index in [9.17, 15) is 4.79 Å². The summed E-state index contributed by atoms with van der Waals surface area (Å²) in [6.45, 7) is 9.05. The van der Waals surface area contributed by atoms with Crippen molar-refractivity contribution in [3.63, 3.8) is 0 Å². The van der Waals surface area contributed by atoms with Crippen LogP contribution in [0.5, 0.6) is 0 Å². The Bertz CT molecular complexity index is 1120. The number of nitrogens with zero attached hydrogens (tertiary/aromatic N) is 6. The number of anilines is 3. The molecular weight excluding hydrogens is 404 g/mol. The number of piperazine rings is 1. The average Bonchev–Trinajstić information content (AvgIpc) is 3.21. The van der Waals surface area contributed by atoms with Gasteiger partial charge in [0, 0.05) is 51.4 Å². The summed E-state index contributed by atoms with van der Waals surface area (Å²) in [5.74, 6) is 1.63. The van der Waals surface area contributed by atoms with Crippen molar-refractivity contribution in [2.45, 2.75) is 26.3 Å². The largest absolute Gasteiger partial charge is 0.368 e. The topological polar surface area (TPSA) is 91.2 Å². The maximum atomic E-state index is 12.8. The van der Waals surface area contributed by atoms with Gasteiger partial charge in [-0.2, -0.15) is 4.98 Å². The molecule has 0 aliphatic carbocycles. The van der Waals surface area contributed by atoms with Crippen molar-refractivity contribution in [3.8, 4) is 0 Å². The Balaban J connectivity index is 1.44. The molecule has 2 aliphatic rings. The van der Waals surface area contributed by atoms with E-state index in [2.05, 4.69) is 50.0 Å². The highest BCUT2D eigenvalue weighted by Crippen LogP contribution is 2.33. The monoisotopic (exact) mass is 434 g/mol. The van der Waals surface area contributed by atoms with Crippen molar-refractivity contribution >= 4 is 34.4 Å². The fourth-order valence-electron chi connectivity index (χ4n) is 4.60. The number of carbonyl (C=O) groups excluding carboxylic acids is 1. The average molecular weight is 435 g/mol. The normalized spacial score (nSPS) is 19.8. The van der Waals surface area contributed by atoms with Crippen LogP contribution >= 0.6 is 0 Å². The van der Waals surface area contributed by atoms with Gasteiger partial charge in [0.2, 0.25) is 5.95 Å². The molecule has 1 fully saturated rings. The Morgan fingerprint density at radius 2 is 2.03 bits per heavy atom. The van der Waals surface area contributed by atoms with E-state index in [0.717, 1.165) is 49.3 Å². The van der Waals surface area contributed by atoms with Crippen LogP contribution in [0.15, 0.2) is 30.6 Å². The molecule has 5 rings (SSSR count). The summed E-state index contributed by atoms with van der Waals surface area (Å²) >= 11 is 0. The van der Waals surface area contributed by atoms with E-state index in [1.165, 1.54) is 0 Å². The fraction of sp³-hybridized carbons (Fsp3) is 0.478. The minimum absolute atomic E-state index is 0.0298. The molecule has 2 aliphatic heterocycles. The van der Waals surface area contributed by atoms with E-state index in [-0.39, 0.29) is 11.9 Å². The molecule has 3 aromatic rings. The molecule has 9 nitrogen and oxygen atoms in total. The maximum Gasteiger partial charge on any atom is 0.270 e. The molecule has 1 saturated heterocycles. The lowest BCUT2D eigenvalue weighted by atomic mass is 9.96. The number of nitrogens with one attached hydrogen (secondary N) is 2. The zero-order valence-corrected chi connectivity index (χ0v) is 18.9. The lowest BCUT2D eigenvalue weighted by Crippen LogP contribution is -2.43. The first-order valence-electron chi connectivity index (χ1n) is 11.4. The SMILES string of the molecule is CC[C@H](C)C1CN(C)C(=O)c2cc3cnc(Nc4ccc(N5CCNCC5)cn4)nc3n21. The van der Waals surface area contributed by atoms with Gasteiger partial charge in [0.1, 0.15) is 17.2 Å². The molecule has 2 N–H and O–H groups in total. The first-order valence-corrected chi connectivity index (χ1v) is 11.4. The molecule has 0 bridgehead atoms. The molecule has 1 amide bonds. The van der Waals surface area contributed by atoms with E-state index < -0.39 is 0 Å². The quantitative estimate of drug-likeness (QED) is 0.638. The molecule has 2 atom stereocenters. The van der Waals surface area contributed by atoms with E-state index in [4.69, 9.17) is 4.98 Å². The Hall–Kier alpha value is -3.20. The predicted octanol–water partition coefficient (Wildman–Crippen LogP) is 2.65. The number of amides is 1. The summed E-state index contributed by atoms with van der Waals surface area (Å²) in [6, 6.07) is 6.13. The highest BCUT2D eigenvalue weighted by molar-refractivity contribution is 5.98. The van der Waals surface area contributed by atoms with E-state index in [0.29, 0.717) is 29.9 Å². The number of hydrogen-bond acceptors (Lipinski definition) is 7. The Morgan fingerprint density at radius 3 is 2.75 bits per heavy atom. The second-order valence-corrected chi connectivity index (χ2v) is 8.77. The number of likely N-dealkylation sites (N-methyl/N-ethyl adjacent to an activating group) is 1. The molecule has 0 spiro atoms. The summed E-state index contributed by atoms with van der Waals surface area (Å²) < 4.78 is 2.11. The molecule has 5 heterocycles. The maximum absolute atomic E-state index is 12.8. The number of fused-ring (bicyclic) bond motifs is 3. The molecule has 32 heavy (non-hydrogen) atoms. The second-order valence-electron chi connectivity index (χ2n) is 8.77. The van der Waals surface area contributed by atoms with Gasteiger partial charge in [0.05, 0.1) is 17.9 Å². The van der Waals surface area contributed by atoms with Gasteiger partial charge in [-0.1, -0.05) is 20.3 Å². The molecule has 3 aromatic heterocycles. The fourth-order valence-corrected chi connectivity index (χ4v) is 4.60. The summed E-state index contributed by atoms with van der Waals surface area (Å²) in [4.78, 5) is 30.8. The van der Waals surface area contributed by atoms with Gasteiger partial charge in [-0.25, -0.2) is 9.97 Å². The Morgan fingerprint density at radius 1 is 1.22 bits per heavy atom. The van der Waals surface area contributed by atoms with Gasteiger partial charge in [-0.3, -0.25) is 4.79 Å². The third kappa shape index (κ3) is 3.66. The van der Waals surface area contributed by atoms with Gasteiger partial charge in [0.25, 0.3) is 5.91 Å². The van der Waals surface area contributed by atoms with E-state index in [1.54, 1.807) is 6.20 Å². The summed E-state index contributed by atoms with van der Waals surface area (Å²) in [5.41, 5.74) is 2.60. The highest BCUT2D eigenvalue weighted by atomic mass is 16.2. The minimum atomic E-state index is 0.0298. The van der Waals surface area contributed by atoms with Crippen molar-refractivity contribution in [2.24, 2.45) is 5.92 Å². The number of pyridine rings is 1.